The number of hydrogen-bond acceptors (Lipinski definition) is 6. The van der Waals surface area contributed by atoms with Gasteiger partial charge in [-0.3, -0.25) is 19.3 Å². The first-order valence-electron chi connectivity index (χ1n) is 12.3. The summed E-state index contributed by atoms with van der Waals surface area (Å²) in [5.41, 5.74) is 0.249. The predicted molar refractivity (Wildman–Crippen MR) is 146 cm³/mol. The van der Waals surface area contributed by atoms with Crippen LogP contribution in [0.4, 0.5) is 11.5 Å². The molecule has 0 aliphatic rings. The zero-order valence-electron chi connectivity index (χ0n) is 22.2. The van der Waals surface area contributed by atoms with E-state index < -0.39 is 29.3 Å². The Kier molecular flexibility index (Phi) is 9.52. The summed E-state index contributed by atoms with van der Waals surface area (Å²) >= 11 is 6.56. The lowest BCUT2D eigenvalue weighted by atomic mass is 10.00. The van der Waals surface area contributed by atoms with Crippen LogP contribution in [0.5, 0.6) is 5.75 Å². The van der Waals surface area contributed by atoms with Gasteiger partial charge in [-0.1, -0.05) is 47.1 Å². The van der Waals surface area contributed by atoms with Crippen molar-refractivity contribution in [1.82, 2.24) is 10.5 Å². The lowest BCUT2D eigenvalue weighted by Crippen LogP contribution is -2.49. The van der Waals surface area contributed by atoms with Crippen molar-refractivity contribution in [2.45, 2.75) is 59.0 Å². The predicted octanol–water partition coefficient (Wildman–Crippen LogP) is 5.44. The van der Waals surface area contributed by atoms with Crippen molar-refractivity contribution in [2.24, 2.45) is 0 Å². The van der Waals surface area contributed by atoms with E-state index in [1.807, 2.05) is 27.7 Å². The van der Waals surface area contributed by atoms with Crippen LogP contribution < -0.4 is 20.3 Å². The highest BCUT2D eigenvalue weighted by Crippen LogP contribution is 2.38. The second-order valence-electron chi connectivity index (χ2n) is 9.70. The molecule has 1 atom stereocenters. The van der Waals surface area contributed by atoms with Gasteiger partial charge in [-0.15, -0.1) is 0 Å². The number of rotatable bonds is 10. The molecule has 0 saturated heterocycles. The lowest BCUT2D eigenvalue weighted by molar-refractivity contribution is -0.128. The van der Waals surface area contributed by atoms with Crippen LogP contribution in [0.1, 0.15) is 57.9 Å². The van der Waals surface area contributed by atoms with E-state index in [0.29, 0.717) is 34.4 Å². The van der Waals surface area contributed by atoms with Crippen LogP contribution in [-0.2, 0) is 14.4 Å². The molecule has 9 nitrogen and oxygen atoms in total. The van der Waals surface area contributed by atoms with Crippen LogP contribution in [0.25, 0.3) is 0 Å². The van der Waals surface area contributed by atoms with Gasteiger partial charge in [-0.05, 0) is 52.8 Å². The van der Waals surface area contributed by atoms with E-state index in [1.165, 1.54) is 4.90 Å². The summed E-state index contributed by atoms with van der Waals surface area (Å²) < 4.78 is 10.8. The fraction of sp³-hybridized carbons (Fsp3) is 0.357. The number of carbonyl (C=O) groups is 3. The second-order valence-corrected chi connectivity index (χ2v) is 10.1. The molecule has 1 aromatic heterocycles. The number of nitrogens with one attached hydrogen (secondary N) is 2. The average molecular weight is 541 g/mol. The molecule has 0 aliphatic heterocycles. The summed E-state index contributed by atoms with van der Waals surface area (Å²) in [6.07, 6.45) is -0.332. The van der Waals surface area contributed by atoms with Gasteiger partial charge < -0.3 is 19.9 Å². The van der Waals surface area contributed by atoms with Gasteiger partial charge in [-0.25, -0.2) is 0 Å². The molecule has 2 aromatic carbocycles. The van der Waals surface area contributed by atoms with Crippen molar-refractivity contribution in [3.63, 3.8) is 0 Å². The fourth-order valence-electron chi connectivity index (χ4n) is 3.86. The van der Waals surface area contributed by atoms with E-state index in [4.69, 9.17) is 20.9 Å². The Bertz CT molecular complexity index is 1280. The number of ether oxygens (including phenoxy) is 1. The van der Waals surface area contributed by atoms with E-state index in [2.05, 4.69) is 15.8 Å². The maximum Gasteiger partial charge on any atom is 0.248 e. The third-order valence-electron chi connectivity index (χ3n) is 5.36. The van der Waals surface area contributed by atoms with Gasteiger partial charge in [-0.2, -0.15) is 0 Å². The van der Waals surface area contributed by atoms with Crippen molar-refractivity contribution in [2.75, 3.05) is 16.8 Å². The van der Waals surface area contributed by atoms with E-state index in [1.54, 1.807) is 61.5 Å². The van der Waals surface area contributed by atoms with Gasteiger partial charge in [0, 0.05) is 35.0 Å². The molecule has 202 valence electrons. The third kappa shape index (κ3) is 7.58. The number of halogens is 1. The van der Waals surface area contributed by atoms with Crippen molar-refractivity contribution < 1.29 is 23.6 Å². The molecule has 0 saturated carbocycles. The molecule has 38 heavy (non-hydrogen) atoms. The minimum Gasteiger partial charge on any atom is -0.492 e. The average Bonchev–Trinajstić information content (AvgIpc) is 3.25. The summed E-state index contributed by atoms with van der Waals surface area (Å²) in [4.78, 5) is 41.6. The Labute approximate surface area is 227 Å². The molecule has 0 fully saturated rings. The van der Waals surface area contributed by atoms with Crippen LogP contribution in [0.2, 0.25) is 5.02 Å². The molecule has 10 heteroatoms. The van der Waals surface area contributed by atoms with Gasteiger partial charge in [0.15, 0.2) is 5.82 Å². The molecule has 0 aliphatic carbocycles. The van der Waals surface area contributed by atoms with E-state index >= 15 is 0 Å². The lowest BCUT2D eigenvalue weighted by Gasteiger charge is -2.35. The highest BCUT2D eigenvalue weighted by atomic mass is 35.5. The molecule has 3 rings (SSSR count). The number of amides is 3. The number of carbonyl (C=O) groups excluding carboxylic acids is 3. The van der Waals surface area contributed by atoms with Crippen molar-refractivity contribution >= 4 is 40.8 Å². The van der Waals surface area contributed by atoms with Crippen molar-refractivity contribution in [3.8, 4) is 5.75 Å². The van der Waals surface area contributed by atoms with Gasteiger partial charge in [0.1, 0.15) is 17.6 Å². The largest absolute Gasteiger partial charge is 0.492 e. The Hall–Kier alpha value is -3.85. The minimum absolute atomic E-state index is 0.145. The van der Waals surface area contributed by atoms with Crippen LogP contribution >= 0.6 is 11.6 Å². The van der Waals surface area contributed by atoms with Gasteiger partial charge >= 0.3 is 0 Å². The number of benzene rings is 2. The number of aromatic nitrogens is 1. The summed E-state index contributed by atoms with van der Waals surface area (Å²) in [7, 11) is 0. The molecular weight excluding hydrogens is 508 g/mol. The van der Waals surface area contributed by atoms with E-state index in [9.17, 15) is 14.4 Å². The molecule has 2 N–H and O–H groups in total. The fourth-order valence-corrected chi connectivity index (χ4v) is 4.09. The topological polar surface area (TPSA) is 114 Å². The van der Waals surface area contributed by atoms with Crippen LogP contribution in [0.15, 0.2) is 59.1 Å². The number of hydrogen-bond donors (Lipinski definition) is 2. The third-order valence-corrected chi connectivity index (χ3v) is 5.70. The van der Waals surface area contributed by atoms with Crippen LogP contribution in [0, 0.1) is 6.92 Å². The van der Waals surface area contributed by atoms with Gasteiger partial charge in [0.2, 0.25) is 17.7 Å². The summed E-state index contributed by atoms with van der Waals surface area (Å²) in [6.45, 7) is 9.44. The van der Waals surface area contributed by atoms with Crippen LogP contribution in [0.3, 0.4) is 0 Å². The Morgan fingerprint density at radius 3 is 2.39 bits per heavy atom. The first-order valence-corrected chi connectivity index (χ1v) is 12.7. The van der Waals surface area contributed by atoms with Crippen LogP contribution in [-0.4, -0.2) is 35.0 Å². The molecule has 0 spiro atoms. The number of aryl methyl sites for hydroxylation is 1. The summed E-state index contributed by atoms with van der Waals surface area (Å²) in [6, 6.07) is 14.3. The van der Waals surface area contributed by atoms with Gasteiger partial charge in [0.25, 0.3) is 0 Å². The van der Waals surface area contributed by atoms with E-state index in [0.717, 1.165) is 0 Å². The second kappa shape index (κ2) is 12.6. The van der Waals surface area contributed by atoms with Gasteiger partial charge in [0.05, 0.1) is 12.3 Å². The molecule has 3 aromatic rings. The number of anilines is 2. The maximum absolute atomic E-state index is 13.9. The highest BCUT2D eigenvalue weighted by molar-refractivity contribution is 6.31. The molecule has 0 bridgehead atoms. The quantitative estimate of drug-likeness (QED) is 0.354. The molecule has 1 heterocycles. The van der Waals surface area contributed by atoms with Crippen molar-refractivity contribution in [3.05, 3.63) is 70.9 Å². The zero-order chi connectivity index (χ0) is 27.9. The SMILES string of the molecule is CCOc1ccccc1N(C(=O)CCC(=O)Nc1cc(C)on1)[C@@H](C(=O)NC(C)(C)C)c1ccccc1Cl. The number of nitrogens with zero attached hydrogens (tertiary/aromatic N) is 2. The first-order chi connectivity index (χ1) is 18.0. The minimum atomic E-state index is -1.13. The smallest absolute Gasteiger partial charge is 0.248 e. The highest BCUT2D eigenvalue weighted by Gasteiger charge is 2.36. The Morgan fingerprint density at radius 1 is 1.08 bits per heavy atom. The number of para-hydroxylation sites is 2. The maximum atomic E-state index is 13.9. The normalized spacial score (nSPS) is 11.9. The standard InChI is InChI=1S/C28H33ClN4O5/c1-6-37-22-14-10-9-13-21(22)33(25(35)16-15-24(34)30-23-17-18(2)38-32-23)26(27(36)31-28(3,4)5)19-11-7-8-12-20(19)29/h7-14,17,26H,6,15-16H2,1-5H3,(H,31,36)(H,30,32,34)/t26-/m1/s1. The summed E-state index contributed by atoms with van der Waals surface area (Å²) in [5, 5.41) is 9.66. The van der Waals surface area contributed by atoms with E-state index in [-0.39, 0.29) is 18.7 Å². The Balaban J connectivity index is 2.03. The molecule has 0 radical (unpaired) electrons. The monoisotopic (exact) mass is 540 g/mol. The molecular formula is C28H33ClN4O5. The zero-order valence-corrected chi connectivity index (χ0v) is 23.0. The molecule has 3 amide bonds. The van der Waals surface area contributed by atoms with Crippen molar-refractivity contribution in [1.29, 1.82) is 0 Å². The first kappa shape index (κ1) is 28.7. The Morgan fingerprint density at radius 2 is 1.76 bits per heavy atom. The summed E-state index contributed by atoms with van der Waals surface area (Å²) in [5.74, 6) is -0.0745. The molecule has 0 unspecified atom stereocenters.